The lowest BCUT2D eigenvalue weighted by molar-refractivity contribution is -0.141. The molecule has 5 nitrogen and oxygen atoms in total. The van der Waals surface area contributed by atoms with Crippen molar-refractivity contribution in [3.63, 3.8) is 0 Å². The van der Waals surface area contributed by atoms with E-state index in [2.05, 4.69) is 0 Å². The van der Waals surface area contributed by atoms with Crippen LogP contribution in [0.4, 0.5) is 5.69 Å². The van der Waals surface area contributed by atoms with Gasteiger partial charge in [-0.3, -0.25) is 9.59 Å². The average Bonchev–Trinajstić information content (AvgIpc) is 3.10. The van der Waals surface area contributed by atoms with Crippen LogP contribution >= 0.6 is 11.3 Å². The summed E-state index contributed by atoms with van der Waals surface area (Å²) in [6.45, 7) is 2.12. The second-order valence-corrected chi connectivity index (χ2v) is 6.60. The molecule has 2 saturated heterocycles. The van der Waals surface area contributed by atoms with Crippen LogP contribution in [0.2, 0.25) is 0 Å². The molecule has 0 unspecified atom stereocenters. The molecule has 2 aliphatic heterocycles. The Bertz CT molecular complexity index is 531. The smallest absolute Gasteiger partial charge is 0.248 e. The van der Waals surface area contributed by atoms with E-state index in [-0.39, 0.29) is 23.8 Å². The van der Waals surface area contributed by atoms with Crippen molar-refractivity contribution in [2.45, 2.75) is 19.3 Å². The number of thiophene rings is 1. The van der Waals surface area contributed by atoms with E-state index >= 15 is 0 Å². The van der Waals surface area contributed by atoms with Gasteiger partial charge in [0.25, 0.3) is 0 Å². The van der Waals surface area contributed by atoms with Gasteiger partial charge >= 0.3 is 0 Å². The number of likely N-dealkylation sites (tertiary alicyclic amines) is 1. The zero-order chi connectivity index (χ0) is 14.9. The molecule has 2 amide bonds. The molecule has 0 aromatic carbocycles. The summed E-state index contributed by atoms with van der Waals surface area (Å²) in [5.41, 5.74) is 0.603. The Balaban J connectivity index is 1.75. The molecule has 1 spiro atoms. The highest BCUT2D eigenvalue weighted by Crippen LogP contribution is 2.42. The van der Waals surface area contributed by atoms with Crippen molar-refractivity contribution in [3.05, 3.63) is 16.8 Å². The fourth-order valence-electron chi connectivity index (χ4n) is 3.42. The zero-order valence-corrected chi connectivity index (χ0v) is 13.0. The number of carbonyl (C=O) groups excluding carboxylic acids is 2. The summed E-state index contributed by atoms with van der Waals surface area (Å²) in [6, 6.07) is 1.98. The second kappa shape index (κ2) is 5.77. The quantitative estimate of drug-likeness (QED) is 0.854. The summed E-state index contributed by atoms with van der Waals surface area (Å²) in [4.78, 5) is 28.6. The first-order chi connectivity index (χ1) is 10.2. The Labute approximate surface area is 128 Å². The lowest BCUT2D eigenvalue weighted by Gasteiger charge is -2.38. The predicted molar refractivity (Wildman–Crippen MR) is 81.4 cm³/mol. The first-order valence-corrected chi connectivity index (χ1v) is 8.21. The van der Waals surface area contributed by atoms with Gasteiger partial charge in [0.05, 0.1) is 11.1 Å². The van der Waals surface area contributed by atoms with Gasteiger partial charge < -0.3 is 14.5 Å². The maximum atomic E-state index is 12.9. The van der Waals surface area contributed by atoms with E-state index in [1.165, 1.54) is 7.11 Å². The van der Waals surface area contributed by atoms with Crippen molar-refractivity contribution < 1.29 is 14.3 Å². The van der Waals surface area contributed by atoms with Crippen molar-refractivity contribution >= 4 is 28.8 Å². The summed E-state index contributed by atoms with van der Waals surface area (Å²) < 4.78 is 4.93. The number of carbonyl (C=O) groups is 2. The van der Waals surface area contributed by atoms with E-state index in [0.717, 1.165) is 38.0 Å². The van der Waals surface area contributed by atoms with Gasteiger partial charge in [-0.05, 0) is 30.7 Å². The fraction of sp³-hybridized carbons (Fsp3) is 0.600. The van der Waals surface area contributed by atoms with Gasteiger partial charge in [0, 0.05) is 32.1 Å². The van der Waals surface area contributed by atoms with Crippen LogP contribution in [0.25, 0.3) is 0 Å². The monoisotopic (exact) mass is 308 g/mol. The molecule has 1 atom stereocenters. The Morgan fingerprint density at radius 1 is 1.43 bits per heavy atom. The maximum absolute atomic E-state index is 12.9. The molecule has 3 heterocycles. The van der Waals surface area contributed by atoms with Crippen molar-refractivity contribution in [3.8, 4) is 0 Å². The first-order valence-electron chi connectivity index (χ1n) is 7.27. The normalized spacial score (nSPS) is 25.9. The van der Waals surface area contributed by atoms with Crippen LogP contribution in [0, 0.1) is 5.41 Å². The highest BCUT2D eigenvalue weighted by atomic mass is 32.1. The molecule has 0 radical (unpaired) electrons. The molecule has 2 fully saturated rings. The van der Waals surface area contributed by atoms with Gasteiger partial charge in [-0.2, -0.15) is 11.3 Å². The van der Waals surface area contributed by atoms with E-state index in [1.54, 1.807) is 16.2 Å². The third kappa shape index (κ3) is 2.58. The SMILES string of the molecule is COCC(=O)N1CCC[C@@]2(CCN(c3ccsc3)C2=O)C1. The highest BCUT2D eigenvalue weighted by molar-refractivity contribution is 7.08. The molecular formula is C15H20N2O3S. The van der Waals surface area contributed by atoms with E-state index in [1.807, 2.05) is 21.7 Å². The second-order valence-electron chi connectivity index (χ2n) is 5.82. The molecule has 0 saturated carbocycles. The van der Waals surface area contributed by atoms with Crippen LogP contribution in [-0.4, -0.2) is 50.1 Å². The predicted octanol–water partition coefficient (Wildman–Crippen LogP) is 1.74. The molecule has 21 heavy (non-hydrogen) atoms. The highest BCUT2D eigenvalue weighted by Gasteiger charge is 2.49. The average molecular weight is 308 g/mol. The minimum atomic E-state index is -0.385. The van der Waals surface area contributed by atoms with Crippen LogP contribution < -0.4 is 4.90 Å². The minimum Gasteiger partial charge on any atom is -0.375 e. The number of anilines is 1. The number of hydrogen-bond donors (Lipinski definition) is 0. The van der Waals surface area contributed by atoms with Gasteiger partial charge in [-0.1, -0.05) is 0 Å². The number of nitrogens with zero attached hydrogens (tertiary/aromatic N) is 2. The number of ether oxygens (including phenoxy) is 1. The summed E-state index contributed by atoms with van der Waals surface area (Å²) in [7, 11) is 1.52. The lowest BCUT2D eigenvalue weighted by Crippen LogP contribution is -2.50. The molecule has 114 valence electrons. The Morgan fingerprint density at radius 3 is 3.00 bits per heavy atom. The molecule has 0 bridgehead atoms. The number of methoxy groups -OCH3 is 1. The fourth-order valence-corrected chi connectivity index (χ4v) is 4.06. The van der Waals surface area contributed by atoms with Crippen LogP contribution in [0.15, 0.2) is 16.8 Å². The Hall–Kier alpha value is -1.40. The van der Waals surface area contributed by atoms with E-state index in [9.17, 15) is 9.59 Å². The molecule has 0 N–H and O–H groups in total. The van der Waals surface area contributed by atoms with E-state index in [0.29, 0.717) is 6.54 Å². The third-order valence-electron chi connectivity index (χ3n) is 4.53. The number of piperidine rings is 1. The minimum absolute atomic E-state index is 0.0154. The third-order valence-corrected chi connectivity index (χ3v) is 5.20. The van der Waals surface area contributed by atoms with Gasteiger partial charge in [0.1, 0.15) is 6.61 Å². The molecule has 6 heteroatoms. The summed E-state index contributed by atoms with van der Waals surface area (Å²) in [5.74, 6) is 0.161. The number of rotatable bonds is 3. The van der Waals surface area contributed by atoms with Crippen molar-refractivity contribution in [1.29, 1.82) is 0 Å². The summed E-state index contributed by atoms with van der Waals surface area (Å²) in [6.07, 6.45) is 2.60. The van der Waals surface area contributed by atoms with Gasteiger partial charge in [0.2, 0.25) is 11.8 Å². The zero-order valence-electron chi connectivity index (χ0n) is 12.2. The Kier molecular flexibility index (Phi) is 3.99. The molecule has 1 aromatic heterocycles. The van der Waals surface area contributed by atoms with E-state index in [4.69, 9.17) is 4.74 Å². The summed E-state index contributed by atoms with van der Waals surface area (Å²) >= 11 is 1.60. The van der Waals surface area contributed by atoms with Crippen LogP contribution in [0.1, 0.15) is 19.3 Å². The topological polar surface area (TPSA) is 49.9 Å². The van der Waals surface area contributed by atoms with Crippen molar-refractivity contribution in [2.24, 2.45) is 5.41 Å². The molecular weight excluding hydrogens is 288 g/mol. The van der Waals surface area contributed by atoms with Crippen LogP contribution in [-0.2, 0) is 14.3 Å². The van der Waals surface area contributed by atoms with Gasteiger partial charge in [-0.15, -0.1) is 0 Å². The largest absolute Gasteiger partial charge is 0.375 e. The molecule has 2 aliphatic rings. The maximum Gasteiger partial charge on any atom is 0.248 e. The standard InChI is InChI=1S/C15H20N2O3S/c1-20-9-13(18)16-6-2-4-15(11-16)5-7-17(14(15)19)12-3-8-21-10-12/h3,8,10H,2,4-7,9,11H2,1H3/t15-/m1/s1. The Morgan fingerprint density at radius 2 is 2.29 bits per heavy atom. The lowest BCUT2D eigenvalue weighted by atomic mass is 9.78. The van der Waals surface area contributed by atoms with E-state index < -0.39 is 0 Å². The van der Waals surface area contributed by atoms with Crippen molar-refractivity contribution in [2.75, 3.05) is 38.3 Å². The number of amides is 2. The molecule has 1 aromatic rings. The van der Waals surface area contributed by atoms with Crippen molar-refractivity contribution in [1.82, 2.24) is 4.90 Å². The van der Waals surface area contributed by atoms with Gasteiger partial charge in [-0.25, -0.2) is 0 Å². The molecule has 0 aliphatic carbocycles. The van der Waals surface area contributed by atoms with Crippen LogP contribution in [0.5, 0.6) is 0 Å². The number of hydrogen-bond acceptors (Lipinski definition) is 4. The molecule has 3 rings (SSSR count). The summed E-state index contributed by atoms with van der Waals surface area (Å²) in [5, 5.41) is 4.00. The van der Waals surface area contributed by atoms with Gasteiger partial charge in [0.15, 0.2) is 0 Å². The first kappa shape index (κ1) is 14.5. The van der Waals surface area contributed by atoms with Crippen LogP contribution in [0.3, 0.4) is 0 Å².